The van der Waals surface area contributed by atoms with Crippen molar-refractivity contribution in [1.82, 2.24) is 9.97 Å². The molecule has 0 radical (unpaired) electrons. The van der Waals surface area contributed by atoms with E-state index in [1.807, 2.05) is 44.2 Å². The number of carbonyl (C=O) groups is 1. The number of hydrogen-bond donors (Lipinski definition) is 1. The van der Waals surface area contributed by atoms with Crippen molar-refractivity contribution in [2.24, 2.45) is 0 Å². The maximum Gasteiger partial charge on any atom is 0.234 e. The summed E-state index contributed by atoms with van der Waals surface area (Å²) in [4.78, 5) is 21.2. The normalized spacial score (nSPS) is 10.6. The molecule has 0 fully saturated rings. The van der Waals surface area contributed by atoms with Gasteiger partial charge in [-0.15, -0.1) is 0 Å². The first-order chi connectivity index (χ1) is 12.5. The van der Waals surface area contributed by atoms with E-state index in [0.717, 1.165) is 28.2 Å². The summed E-state index contributed by atoms with van der Waals surface area (Å²) in [6.07, 6.45) is 0. The molecule has 0 saturated heterocycles. The fraction of sp³-hybridized carbons (Fsp3) is 0.190. The maximum atomic E-state index is 12.2. The summed E-state index contributed by atoms with van der Waals surface area (Å²) >= 11 is 1.34. The van der Waals surface area contributed by atoms with Crippen LogP contribution in [0, 0.1) is 20.8 Å². The quantitative estimate of drug-likeness (QED) is 0.522. The minimum absolute atomic E-state index is 0.0687. The van der Waals surface area contributed by atoms with Crippen LogP contribution >= 0.6 is 11.8 Å². The van der Waals surface area contributed by atoms with E-state index >= 15 is 0 Å². The highest BCUT2D eigenvalue weighted by Crippen LogP contribution is 2.22. The second kappa shape index (κ2) is 8.15. The van der Waals surface area contributed by atoms with Gasteiger partial charge in [0.15, 0.2) is 5.16 Å². The van der Waals surface area contributed by atoms with Gasteiger partial charge in [-0.05, 0) is 39.0 Å². The molecule has 1 amide bonds. The molecule has 2 aromatic carbocycles. The molecule has 0 unspecified atom stereocenters. The lowest BCUT2D eigenvalue weighted by molar-refractivity contribution is -0.113. The maximum absolute atomic E-state index is 12.2. The third-order valence-electron chi connectivity index (χ3n) is 3.85. The number of carbonyl (C=O) groups excluding carboxylic acids is 1. The molecule has 0 aliphatic heterocycles. The van der Waals surface area contributed by atoms with E-state index in [4.69, 9.17) is 0 Å². The Morgan fingerprint density at radius 1 is 0.923 bits per heavy atom. The SMILES string of the molecule is Cc1ccc(NC(=O)CSc2nc(C)cc(-c3ccc(C)cc3)n2)cc1. The van der Waals surface area contributed by atoms with E-state index in [-0.39, 0.29) is 11.7 Å². The van der Waals surface area contributed by atoms with Crippen molar-refractivity contribution in [2.45, 2.75) is 25.9 Å². The van der Waals surface area contributed by atoms with E-state index in [1.54, 1.807) is 0 Å². The molecule has 1 heterocycles. The van der Waals surface area contributed by atoms with Crippen LogP contribution in [0.3, 0.4) is 0 Å². The Kier molecular flexibility index (Phi) is 5.68. The van der Waals surface area contributed by atoms with Crippen molar-refractivity contribution < 1.29 is 4.79 Å². The fourth-order valence-corrected chi connectivity index (χ4v) is 3.15. The molecular formula is C21H21N3OS. The van der Waals surface area contributed by atoms with Crippen molar-refractivity contribution in [2.75, 3.05) is 11.1 Å². The molecule has 1 aromatic heterocycles. The van der Waals surface area contributed by atoms with Crippen molar-refractivity contribution in [3.8, 4) is 11.3 Å². The molecule has 0 spiro atoms. The van der Waals surface area contributed by atoms with Gasteiger partial charge in [-0.25, -0.2) is 9.97 Å². The highest BCUT2D eigenvalue weighted by atomic mass is 32.2. The summed E-state index contributed by atoms with van der Waals surface area (Å²) in [6.45, 7) is 6.01. The van der Waals surface area contributed by atoms with E-state index in [9.17, 15) is 4.79 Å². The zero-order chi connectivity index (χ0) is 18.5. The second-order valence-electron chi connectivity index (χ2n) is 6.25. The zero-order valence-electron chi connectivity index (χ0n) is 15.1. The van der Waals surface area contributed by atoms with Crippen LogP contribution in [0.15, 0.2) is 59.8 Å². The number of aromatic nitrogens is 2. The number of amides is 1. The summed E-state index contributed by atoms with van der Waals surface area (Å²) < 4.78 is 0. The smallest absolute Gasteiger partial charge is 0.234 e. The molecule has 26 heavy (non-hydrogen) atoms. The van der Waals surface area contributed by atoms with Crippen LogP contribution in [0.4, 0.5) is 5.69 Å². The van der Waals surface area contributed by atoms with Crippen LogP contribution in [-0.2, 0) is 4.79 Å². The minimum Gasteiger partial charge on any atom is -0.325 e. The van der Waals surface area contributed by atoms with Gasteiger partial charge in [-0.2, -0.15) is 0 Å². The van der Waals surface area contributed by atoms with Crippen molar-refractivity contribution in [1.29, 1.82) is 0 Å². The number of anilines is 1. The topological polar surface area (TPSA) is 54.9 Å². The molecule has 0 bridgehead atoms. The average molecular weight is 363 g/mol. The van der Waals surface area contributed by atoms with Crippen LogP contribution in [-0.4, -0.2) is 21.6 Å². The van der Waals surface area contributed by atoms with E-state index in [2.05, 4.69) is 46.5 Å². The van der Waals surface area contributed by atoms with E-state index in [1.165, 1.54) is 17.3 Å². The van der Waals surface area contributed by atoms with Crippen LogP contribution in [0.1, 0.15) is 16.8 Å². The molecule has 3 aromatic rings. The third kappa shape index (κ3) is 4.92. The van der Waals surface area contributed by atoms with Crippen LogP contribution in [0.2, 0.25) is 0 Å². The van der Waals surface area contributed by atoms with Gasteiger partial charge in [0.2, 0.25) is 5.91 Å². The number of aryl methyl sites for hydroxylation is 3. The van der Waals surface area contributed by atoms with Gasteiger partial charge in [0.1, 0.15) is 0 Å². The van der Waals surface area contributed by atoms with Crippen LogP contribution in [0.5, 0.6) is 0 Å². The number of thioether (sulfide) groups is 1. The first-order valence-corrected chi connectivity index (χ1v) is 9.40. The monoisotopic (exact) mass is 363 g/mol. The molecule has 5 heteroatoms. The first-order valence-electron chi connectivity index (χ1n) is 8.41. The summed E-state index contributed by atoms with van der Waals surface area (Å²) in [6, 6.07) is 17.9. The number of hydrogen-bond acceptors (Lipinski definition) is 4. The van der Waals surface area contributed by atoms with Crippen molar-refractivity contribution in [3.05, 3.63) is 71.4 Å². The second-order valence-corrected chi connectivity index (χ2v) is 7.19. The Hall–Kier alpha value is -2.66. The van der Waals surface area contributed by atoms with Crippen LogP contribution < -0.4 is 5.32 Å². The lowest BCUT2D eigenvalue weighted by Gasteiger charge is -2.07. The van der Waals surface area contributed by atoms with Gasteiger partial charge in [0, 0.05) is 16.9 Å². The predicted molar refractivity (Wildman–Crippen MR) is 107 cm³/mol. The standard InChI is InChI=1S/C21H21N3OS/c1-14-4-8-17(9-5-14)19-12-16(3)22-21(24-19)26-13-20(25)23-18-10-6-15(2)7-11-18/h4-12H,13H2,1-3H3,(H,23,25). The molecule has 1 N–H and O–H groups in total. The lowest BCUT2D eigenvalue weighted by atomic mass is 10.1. The summed E-state index contributed by atoms with van der Waals surface area (Å²) in [5, 5.41) is 3.50. The van der Waals surface area contributed by atoms with Gasteiger partial charge in [-0.3, -0.25) is 4.79 Å². The minimum atomic E-state index is -0.0687. The van der Waals surface area contributed by atoms with Crippen LogP contribution in [0.25, 0.3) is 11.3 Å². The first kappa shape index (κ1) is 18.1. The van der Waals surface area contributed by atoms with Crippen molar-refractivity contribution in [3.63, 3.8) is 0 Å². The molecule has 132 valence electrons. The molecule has 0 aliphatic carbocycles. The van der Waals surface area contributed by atoms with Crippen molar-refractivity contribution >= 4 is 23.4 Å². The molecule has 0 saturated carbocycles. The highest BCUT2D eigenvalue weighted by Gasteiger charge is 2.09. The molecule has 0 aliphatic rings. The summed E-state index contributed by atoms with van der Waals surface area (Å²) in [5.41, 5.74) is 5.98. The van der Waals surface area contributed by atoms with E-state index < -0.39 is 0 Å². The molecule has 4 nitrogen and oxygen atoms in total. The Morgan fingerprint density at radius 2 is 1.54 bits per heavy atom. The average Bonchev–Trinajstić information content (AvgIpc) is 2.62. The molecule has 0 atom stereocenters. The predicted octanol–water partition coefficient (Wildman–Crippen LogP) is 4.80. The third-order valence-corrected chi connectivity index (χ3v) is 4.70. The van der Waals surface area contributed by atoms with Gasteiger partial charge >= 0.3 is 0 Å². The Labute approximate surface area is 158 Å². The van der Waals surface area contributed by atoms with Gasteiger partial charge in [0.05, 0.1) is 11.4 Å². The Balaban J connectivity index is 1.66. The zero-order valence-corrected chi connectivity index (χ0v) is 15.9. The number of nitrogens with one attached hydrogen (secondary N) is 1. The lowest BCUT2D eigenvalue weighted by Crippen LogP contribution is -2.14. The number of benzene rings is 2. The highest BCUT2D eigenvalue weighted by molar-refractivity contribution is 7.99. The molecule has 3 rings (SSSR count). The Morgan fingerprint density at radius 3 is 2.19 bits per heavy atom. The fourth-order valence-electron chi connectivity index (χ4n) is 2.44. The summed E-state index contributed by atoms with van der Waals surface area (Å²) in [5.74, 6) is 0.200. The Bertz CT molecular complexity index is 906. The van der Waals surface area contributed by atoms with Gasteiger partial charge in [0.25, 0.3) is 0 Å². The largest absolute Gasteiger partial charge is 0.325 e. The number of rotatable bonds is 5. The van der Waals surface area contributed by atoms with Gasteiger partial charge < -0.3 is 5.32 Å². The van der Waals surface area contributed by atoms with Gasteiger partial charge in [-0.1, -0.05) is 59.3 Å². The van der Waals surface area contributed by atoms with E-state index in [0.29, 0.717) is 5.16 Å². The summed E-state index contributed by atoms with van der Waals surface area (Å²) in [7, 11) is 0. The molecular weight excluding hydrogens is 342 g/mol. The number of nitrogens with zero attached hydrogens (tertiary/aromatic N) is 2.